The SMILES string of the molecule is CO[C@H]1[C@@H]2CCN(Cc3ccccc3)[C@@H]2c2cc(Br)ccc2N1Cc1ccccc1. The average Bonchev–Trinajstić information content (AvgIpc) is 3.19. The second-order valence-electron chi connectivity index (χ2n) is 8.30. The lowest BCUT2D eigenvalue weighted by molar-refractivity contribution is 0.0227. The van der Waals surface area contributed by atoms with E-state index < -0.39 is 0 Å². The molecule has 5 rings (SSSR count). The van der Waals surface area contributed by atoms with Crippen molar-refractivity contribution in [2.45, 2.75) is 31.8 Å². The number of methoxy groups -OCH3 is 1. The van der Waals surface area contributed by atoms with Gasteiger partial charge in [0, 0.05) is 42.3 Å². The Bertz CT molecular complexity index is 994. The first-order chi connectivity index (χ1) is 14.7. The molecule has 0 aromatic heterocycles. The van der Waals surface area contributed by atoms with E-state index in [1.54, 1.807) is 0 Å². The van der Waals surface area contributed by atoms with Crippen LogP contribution in [0.5, 0.6) is 0 Å². The van der Waals surface area contributed by atoms with E-state index in [1.165, 1.54) is 22.4 Å². The second-order valence-corrected chi connectivity index (χ2v) is 9.21. The summed E-state index contributed by atoms with van der Waals surface area (Å²) in [5.41, 5.74) is 5.38. The number of hydrogen-bond donors (Lipinski definition) is 0. The minimum Gasteiger partial charge on any atom is -0.361 e. The van der Waals surface area contributed by atoms with Gasteiger partial charge in [0.25, 0.3) is 0 Å². The third kappa shape index (κ3) is 3.68. The van der Waals surface area contributed by atoms with Crippen molar-refractivity contribution in [3.05, 3.63) is 100 Å². The lowest BCUT2D eigenvalue weighted by Crippen LogP contribution is -2.48. The maximum Gasteiger partial charge on any atom is 0.134 e. The number of anilines is 1. The molecule has 3 aromatic carbocycles. The van der Waals surface area contributed by atoms with E-state index >= 15 is 0 Å². The molecule has 4 heteroatoms. The normalized spacial score (nSPS) is 23.3. The van der Waals surface area contributed by atoms with Gasteiger partial charge in [0.15, 0.2) is 0 Å². The molecule has 0 spiro atoms. The molecule has 0 radical (unpaired) electrons. The van der Waals surface area contributed by atoms with Crippen LogP contribution in [0.4, 0.5) is 5.69 Å². The van der Waals surface area contributed by atoms with Gasteiger partial charge in [-0.2, -0.15) is 0 Å². The molecular weight excluding hydrogens is 436 g/mol. The van der Waals surface area contributed by atoms with Gasteiger partial charge in [0.05, 0.1) is 0 Å². The Labute approximate surface area is 187 Å². The Morgan fingerprint density at radius 1 is 0.900 bits per heavy atom. The summed E-state index contributed by atoms with van der Waals surface area (Å²) in [6.45, 7) is 2.92. The molecule has 0 saturated carbocycles. The number of likely N-dealkylation sites (tertiary alicyclic amines) is 1. The topological polar surface area (TPSA) is 15.7 Å². The summed E-state index contributed by atoms with van der Waals surface area (Å²) < 4.78 is 7.30. The van der Waals surface area contributed by atoms with Crippen molar-refractivity contribution < 1.29 is 4.74 Å². The third-order valence-corrected chi connectivity index (χ3v) is 7.00. The van der Waals surface area contributed by atoms with E-state index in [4.69, 9.17) is 4.74 Å². The molecule has 2 heterocycles. The van der Waals surface area contributed by atoms with Gasteiger partial charge in [0.1, 0.15) is 6.23 Å². The maximum absolute atomic E-state index is 6.16. The molecule has 154 valence electrons. The van der Waals surface area contributed by atoms with Crippen molar-refractivity contribution in [2.75, 3.05) is 18.6 Å². The van der Waals surface area contributed by atoms with Gasteiger partial charge < -0.3 is 9.64 Å². The third-order valence-electron chi connectivity index (χ3n) is 6.51. The highest BCUT2D eigenvalue weighted by Crippen LogP contribution is 2.50. The van der Waals surface area contributed by atoms with Crippen LogP contribution in [-0.2, 0) is 17.8 Å². The molecule has 3 atom stereocenters. The fourth-order valence-corrected chi connectivity index (χ4v) is 5.63. The molecule has 0 bridgehead atoms. The Morgan fingerprint density at radius 3 is 2.23 bits per heavy atom. The summed E-state index contributed by atoms with van der Waals surface area (Å²) in [7, 11) is 1.86. The van der Waals surface area contributed by atoms with Crippen molar-refractivity contribution >= 4 is 21.6 Å². The van der Waals surface area contributed by atoms with Crippen molar-refractivity contribution in [3.63, 3.8) is 0 Å². The standard InChI is InChI=1S/C26H27BrN2O/c1-30-26-22-14-15-28(17-19-8-4-2-5-9-19)25(22)23-16-21(27)12-13-24(23)29(26)18-20-10-6-3-7-11-20/h2-13,16,22,25-26H,14-15,17-18H2,1H3/t22-,25+,26+/m1/s1. The number of ether oxygens (including phenoxy) is 1. The van der Waals surface area contributed by atoms with E-state index in [9.17, 15) is 0 Å². The molecule has 3 aromatic rings. The predicted octanol–water partition coefficient (Wildman–Crippen LogP) is 6.01. The number of rotatable bonds is 5. The number of hydrogen-bond acceptors (Lipinski definition) is 3. The zero-order valence-electron chi connectivity index (χ0n) is 17.2. The molecule has 1 fully saturated rings. The summed E-state index contributed by atoms with van der Waals surface area (Å²) >= 11 is 3.72. The quantitative estimate of drug-likeness (QED) is 0.461. The summed E-state index contributed by atoms with van der Waals surface area (Å²) in [6.07, 6.45) is 1.22. The molecule has 0 amide bonds. The number of fused-ring (bicyclic) bond motifs is 3. The van der Waals surface area contributed by atoms with E-state index in [-0.39, 0.29) is 6.23 Å². The molecule has 1 saturated heterocycles. The molecule has 3 nitrogen and oxygen atoms in total. The first-order valence-corrected chi connectivity index (χ1v) is 11.4. The van der Waals surface area contributed by atoms with Crippen LogP contribution < -0.4 is 4.90 Å². The number of nitrogens with zero attached hydrogens (tertiary/aromatic N) is 2. The largest absolute Gasteiger partial charge is 0.361 e. The van der Waals surface area contributed by atoms with Crippen molar-refractivity contribution in [2.24, 2.45) is 5.92 Å². The highest BCUT2D eigenvalue weighted by Gasteiger charge is 2.47. The maximum atomic E-state index is 6.16. The summed E-state index contributed by atoms with van der Waals surface area (Å²) in [5, 5.41) is 0. The van der Waals surface area contributed by atoms with E-state index in [1.807, 2.05) is 7.11 Å². The minimum absolute atomic E-state index is 0.0738. The van der Waals surface area contributed by atoms with Crippen LogP contribution in [0.25, 0.3) is 0 Å². The zero-order valence-corrected chi connectivity index (χ0v) is 18.8. The highest BCUT2D eigenvalue weighted by molar-refractivity contribution is 9.10. The lowest BCUT2D eigenvalue weighted by atomic mass is 9.85. The second kappa shape index (κ2) is 8.54. The molecule has 0 N–H and O–H groups in total. The van der Waals surface area contributed by atoms with Gasteiger partial charge in [-0.25, -0.2) is 0 Å². The van der Waals surface area contributed by atoms with Gasteiger partial charge >= 0.3 is 0 Å². The van der Waals surface area contributed by atoms with E-state index in [2.05, 4.69) is 105 Å². The number of benzene rings is 3. The highest BCUT2D eigenvalue weighted by atomic mass is 79.9. The van der Waals surface area contributed by atoms with Crippen molar-refractivity contribution in [3.8, 4) is 0 Å². The molecule has 30 heavy (non-hydrogen) atoms. The molecule has 2 aliphatic heterocycles. The van der Waals surface area contributed by atoms with Gasteiger partial charge in [-0.3, -0.25) is 4.90 Å². The molecule has 0 aliphatic carbocycles. The minimum atomic E-state index is 0.0738. The van der Waals surface area contributed by atoms with Crippen LogP contribution >= 0.6 is 15.9 Å². The summed E-state index contributed by atoms with van der Waals surface area (Å²) in [4.78, 5) is 5.10. The Kier molecular flexibility index (Phi) is 5.64. The molecule has 2 aliphatic rings. The van der Waals surface area contributed by atoms with Gasteiger partial charge in [0.2, 0.25) is 0 Å². The van der Waals surface area contributed by atoms with Crippen LogP contribution in [0.2, 0.25) is 0 Å². The fraction of sp³-hybridized carbons (Fsp3) is 0.308. The zero-order chi connectivity index (χ0) is 20.5. The van der Waals surface area contributed by atoms with Gasteiger partial charge in [-0.1, -0.05) is 76.6 Å². The monoisotopic (exact) mass is 462 g/mol. The summed E-state index contributed by atoms with van der Waals surface area (Å²) in [6, 6.07) is 28.6. The van der Waals surface area contributed by atoms with Crippen LogP contribution in [-0.4, -0.2) is 24.8 Å². The van der Waals surface area contributed by atoms with Crippen LogP contribution in [0, 0.1) is 5.92 Å². The molecule has 0 unspecified atom stereocenters. The fourth-order valence-electron chi connectivity index (χ4n) is 5.25. The Hall–Kier alpha value is -2.14. The van der Waals surface area contributed by atoms with E-state index in [0.29, 0.717) is 12.0 Å². The van der Waals surface area contributed by atoms with Crippen LogP contribution in [0.15, 0.2) is 83.3 Å². The van der Waals surface area contributed by atoms with E-state index in [0.717, 1.165) is 30.5 Å². The first-order valence-electron chi connectivity index (χ1n) is 10.7. The summed E-state index contributed by atoms with van der Waals surface area (Å²) in [5.74, 6) is 0.448. The Balaban J connectivity index is 1.54. The smallest absolute Gasteiger partial charge is 0.134 e. The van der Waals surface area contributed by atoms with Crippen LogP contribution in [0.3, 0.4) is 0 Å². The first kappa shape index (κ1) is 19.8. The predicted molar refractivity (Wildman–Crippen MR) is 125 cm³/mol. The number of halogens is 1. The van der Waals surface area contributed by atoms with Crippen molar-refractivity contribution in [1.29, 1.82) is 0 Å². The van der Waals surface area contributed by atoms with Crippen LogP contribution in [0.1, 0.15) is 29.2 Å². The van der Waals surface area contributed by atoms with Crippen molar-refractivity contribution in [1.82, 2.24) is 4.90 Å². The average molecular weight is 463 g/mol. The molecular formula is C26H27BrN2O. The Morgan fingerprint density at radius 2 is 1.57 bits per heavy atom. The van der Waals surface area contributed by atoms with Gasteiger partial charge in [-0.15, -0.1) is 0 Å². The van der Waals surface area contributed by atoms with Gasteiger partial charge in [-0.05, 0) is 47.9 Å². The lowest BCUT2D eigenvalue weighted by Gasteiger charge is -2.46.